The molecule has 1 aromatic heterocycles. The van der Waals surface area contributed by atoms with E-state index in [0.29, 0.717) is 17.5 Å². The molecule has 2 fully saturated rings. The van der Waals surface area contributed by atoms with E-state index in [2.05, 4.69) is 4.57 Å². The van der Waals surface area contributed by atoms with Gasteiger partial charge in [0.2, 0.25) is 0 Å². The van der Waals surface area contributed by atoms with Gasteiger partial charge in [-0.25, -0.2) is 9.78 Å². The molecule has 21 heavy (non-hydrogen) atoms. The van der Waals surface area contributed by atoms with Crippen LogP contribution in [-0.2, 0) is 0 Å². The van der Waals surface area contributed by atoms with Crippen LogP contribution in [-0.4, -0.2) is 20.6 Å². The van der Waals surface area contributed by atoms with E-state index in [4.69, 9.17) is 10.1 Å². The van der Waals surface area contributed by atoms with E-state index in [-0.39, 0.29) is 0 Å². The van der Waals surface area contributed by atoms with E-state index >= 15 is 0 Å². The number of rotatable bonds is 3. The lowest BCUT2D eigenvalue weighted by Gasteiger charge is -2.25. The second kappa shape index (κ2) is 4.86. The summed E-state index contributed by atoms with van der Waals surface area (Å²) in [5, 5.41) is 9.16. The lowest BCUT2D eigenvalue weighted by atomic mass is 9.95. The van der Waals surface area contributed by atoms with Crippen molar-refractivity contribution in [2.75, 3.05) is 0 Å². The van der Waals surface area contributed by atoms with Crippen molar-refractivity contribution in [2.45, 2.75) is 56.9 Å². The van der Waals surface area contributed by atoms with Crippen LogP contribution in [0.15, 0.2) is 18.2 Å². The molecule has 0 atom stereocenters. The molecule has 4 heteroatoms. The first-order valence-electron chi connectivity index (χ1n) is 7.99. The van der Waals surface area contributed by atoms with Crippen LogP contribution in [0.5, 0.6) is 0 Å². The highest BCUT2D eigenvalue weighted by molar-refractivity contribution is 5.92. The average Bonchev–Trinajstić information content (AvgIpc) is 3.28. The zero-order valence-corrected chi connectivity index (χ0v) is 12.1. The second-order valence-electron chi connectivity index (χ2n) is 6.41. The number of benzene rings is 1. The molecule has 0 bridgehead atoms. The third-order valence-corrected chi connectivity index (χ3v) is 4.85. The molecule has 0 unspecified atom stereocenters. The lowest BCUT2D eigenvalue weighted by Crippen LogP contribution is -2.15. The van der Waals surface area contributed by atoms with Gasteiger partial charge in [0, 0.05) is 12.0 Å². The van der Waals surface area contributed by atoms with E-state index in [0.717, 1.165) is 11.0 Å². The van der Waals surface area contributed by atoms with Crippen LogP contribution in [0.25, 0.3) is 11.0 Å². The maximum absolute atomic E-state index is 11.1. The molecule has 0 amide bonds. The Labute approximate surface area is 123 Å². The molecule has 1 heterocycles. The number of hydrogen-bond acceptors (Lipinski definition) is 2. The van der Waals surface area contributed by atoms with Gasteiger partial charge in [-0.3, -0.25) is 0 Å². The fraction of sp³-hybridized carbons (Fsp3) is 0.529. The molecule has 0 spiro atoms. The van der Waals surface area contributed by atoms with Gasteiger partial charge >= 0.3 is 5.97 Å². The minimum absolute atomic E-state index is 0.332. The standard InChI is InChI=1S/C17H20N2O2/c20-17(21)12-8-9-15-14(10-12)18-16(11-6-7-11)19(15)13-4-2-1-3-5-13/h8-11,13H,1-7H2,(H,20,21). The molecule has 1 N–H and O–H groups in total. The van der Waals surface area contributed by atoms with Crippen LogP contribution in [0.2, 0.25) is 0 Å². The number of carbonyl (C=O) groups is 1. The summed E-state index contributed by atoms with van der Waals surface area (Å²) in [7, 11) is 0. The molecule has 4 nitrogen and oxygen atoms in total. The van der Waals surface area contributed by atoms with E-state index < -0.39 is 5.97 Å². The summed E-state index contributed by atoms with van der Waals surface area (Å²) in [6, 6.07) is 5.94. The quantitative estimate of drug-likeness (QED) is 0.922. The number of carboxylic acid groups (broad SMARTS) is 1. The van der Waals surface area contributed by atoms with Crippen LogP contribution < -0.4 is 0 Å². The maximum Gasteiger partial charge on any atom is 0.335 e. The third-order valence-electron chi connectivity index (χ3n) is 4.85. The number of carboxylic acids is 1. The topological polar surface area (TPSA) is 55.1 Å². The Hall–Kier alpha value is -1.84. The predicted molar refractivity (Wildman–Crippen MR) is 80.8 cm³/mol. The number of fused-ring (bicyclic) bond motifs is 1. The van der Waals surface area contributed by atoms with Crippen molar-refractivity contribution < 1.29 is 9.90 Å². The zero-order chi connectivity index (χ0) is 14.4. The largest absolute Gasteiger partial charge is 0.478 e. The molecular weight excluding hydrogens is 264 g/mol. The Bertz CT molecular complexity index is 694. The van der Waals surface area contributed by atoms with Gasteiger partial charge in [0.1, 0.15) is 5.82 Å². The summed E-state index contributed by atoms with van der Waals surface area (Å²) >= 11 is 0. The van der Waals surface area contributed by atoms with E-state index in [1.54, 1.807) is 12.1 Å². The first-order valence-corrected chi connectivity index (χ1v) is 7.99. The molecule has 2 aromatic rings. The number of aromatic nitrogens is 2. The highest BCUT2D eigenvalue weighted by Gasteiger charge is 2.32. The number of nitrogens with zero attached hydrogens (tertiary/aromatic N) is 2. The van der Waals surface area contributed by atoms with Gasteiger partial charge in [-0.15, -0.1) is 0 Å². The molecule has 2 saturated carbocycles. The minimum atomic E-state index is -0.878. The Morgan fingerprint density at radius 2 is 1.90 bits per heavy atom. The van der Waals surface area contributed by atoms with Gasteiger partial charge in [-0.05, 0) is 43.9 Å². The molecule has 0 aliphatic heterocycles. The molecule has 1 aromatic carbocycles. The van der Waals surface area contributed by atoms with Gasteiger partial charge in [-0.1, -0.05) is 19.3 Å². The van der Waals surface area contributed by atoms with Crippen LogP contribution in [0.3, 0.4) is 0 Å². The summed E-state index contributed by atoms with van der Waals surface area (Å²) in [6.45, 7) is 0. The fourth-order valence-electron chi connectivity index (χ4n) is 3.60. The van der Waals surface area contributed by atoms with Gasteiger partial charge in [0.25, 0.3) is 0 Å². The average molecular weight is 284 g/mol. The summed E-state index contributed by atoms with van der Waals surface area (Å²) in [5.74, 6) is 0.907. The Balaban J connectivity index is 1.85. The van der Waals surface area contributed by atoms with E-state index in [9.17, 15) is 4.79 Å². The zero-order valence-electron chi connectivity index (χ0n) is 12.1. The number of aromatic carboxylic acids is 1. The van der Waals surface area contributed by atoms with Crippen molar-refractivity contribution in [3.8, 4) is 0 Å². The fourth-order valence-corrected chi connectivity index (χ4v) is 3.60. The van der Waals surface area contributed by atoms with Crippen molar-refractivity contribution in [3.05, 3.63) is 29.6 Å². The smallest absolute Gasteiger partial charge is 0.335 e. The minimum Gasteiger partial charge on any atom is -0.478 e. The molecule has 4 rings (SSSR count). The maximum atomic E-state index is 11.1. The molecular formula is C17H20N2O2. The Morgan fingerprint density at radius 3 is 2.57 bits per heavy atom. The van der Waals surface area contributed by atoms with Crippen molar-refractivity contribution in [2.24, 2.45) is 0 Å². The highest BCUT2D eigenvalue weighted by Crippen LogP contribution is 2.43. The van der Waals surface area contributed by atoms with E-state index in [1.807, 2.05) is 6.07 Å². The third kappa shape index (κ3) is 2.23. The molecule has 2 aliphatic rings. The Morgan fingerprint density at radius 1 is 1.14 bits per heavy atom. The van der Waals surface area contributed by atoms with Gasteiger partial charge in [-0.2, -0.15) is 0 Å². The SMILES string of the molecule is O=C(O)c1ccc2c(c1)nc(C1CC1)n2C1CCCCC1. The van der Waals surface area contributed by atoms with Gasteiger partial charge in [0.15, 0.2) is 0 Å². The second-order valence-corrected chi connectivity index (χ2v) is 6.41. The normalized spacial score (nSPS) is 20.0. The molecule has 0 saturated heterocycles. The molecule has 0 radical (unpaired) electrons. The van der Waals surface area contributed by atoms with Crippen LogP contribution in [0.1, 0.15) is 73.1 Å². The van der Waals surface area contributed by atoms with Crippen molar-refractivity contribution in [3.63, 3.8) is 0 Å². The molecule has 110 valence electrons. The summed E-state index contributed by atoms with van der Waals surface area (Å²) in [6.07, 6.45) is 8.83. The van der Waals surface area contributed by atoms with Crippen molar-refractivity contribution in [1.29, 1.82) is 0 Å². The summed E-state index contributed by atoms with van der Waals surface area (Å²) < 4.78 is 2.43. The Kier molecular flexibility index (Phi) is 2.98. The monoisotopic (exact) mass is 284 g/mol. The summed E-state index contributed by atoms with van der Waals surface area (Å²) in [4.78, 5) is 15.9. The van der Waals surface area contributed by atoms with Gasteiger partial charge in [0.05, 0.1) is 16.6 Å². The van der Waals surface area contributed by atoms with Crippen LogP contribution in [0, 0.1) is 0 Å². The van der Waals surface area contributed by atoms with Crippen molar-refractivity contribution in [1.82, 2.24) is 9.55 Å². The summed E-state index contributed by atoms with van der Waals surface area (Å²) in [5.41, 5.74) is 2.30. The van der Waals surface area contributed by atoms with Gasteiger partial charge < -0.3 is 9.67 Å². The lowest BCUT2D eigenvalue weighted by molar-refractivity contribution is 0.0697. The van der Waals surface area contributed by atoms with Crippen LogP contribution in [0.4, 0.5) is 0 Å². The predicted octanol–water partition coefficient (Wildman–Crippen LogP) is 4.12. The first kappa shape index (κ1) is 12.9. The van der Waals surface area contributed by atoms with E-state index in [1.165, 1.54) is 50.8 Å². The first-order chi connectivity index (χ1) is 10.2. The van der Waals surface area contributed by atoms with Crippen LogP contribution >= 0.6 is 0 Å². The van der Waals surface area contributed by atoms with Crippen molar-refractivity contribution >= 4 is 17.0 Å². The number of hydrogen-bond donors (Lipinski definition) is 1. The molecule has 2 aliphatic carbocycles. The highest BCUT2D eigenvalue weighted by atomic mass is 16.4. The number of imidazole rings is 1.